The van der Waals surface area contributed by atoms with E-state index in [0.717, 1.165) is 6.42 Å². The van der Waals surface area contributed by atoms with Crippen LogP contribution in [0.4, 0.5) is 11.6 Å². The molecule has 1 aromatic heterocycles. The maximum absolute atomic E-state index is 12.4. The highest BCUT2D eigenvalue weighted by atomic mass is 32.2. The molecule has 2 heterocycles. The van der Waals surface area contributed by atoms with Crippen LogP contribution in [0.1, 0.15) is 18.5 Å². The zero-order chi connectivity index (χ0) is 17.9. The Morgan fingerprint density at radius 2 is 2.00 bits per heavy atom. The summed E-state index contributed by atoms with van der Waals surface area (Å²) in [4.78, 5) is 19.9. The second-order valence-electron chi connectivity index (χ2n) is 5.64. The van der Waals surface area contributed by atoms with E-state index in [-0.39, 0.29) is 16.8 Å². The summed E-state index contributed by atoms with van der Waals surface area (Å²) >= 11 is 0. The highest BCUT2D eigenvalue weighted by molar-refractivity contribution is 7.92. The molecule has 0 radical (unpaired) electrons. The molecule has 1 aromatic carbocycles. The number of hydrogen-bond donors (Lipinski definition) is 2. The Bertz CT molecular complexity index is 862. The number of aromatic nitrogens is 2. The van der Waals surface area contributed by atoms with Crippen molar-refractivity contribution in [3.8, 4) is 0 Å². The lowest BCUT2D eigenvalue weighted by Crippen LogP contribution is -2.26. The van der Waals surface area contributed by atoms with Gasteiger partial charge in [0.25, 0.3) is 15.9 Å². The van der Waals surface area contributed by atoms with Gasteiger partial charge in [0.1, 0.15) is 6.10 Å². The maximum Gasteiger partial charge on any atom is 0.264 e. The smallest absolute Gasteiger partial charge is 0.264 e. The zero-order valence-electron chi connectivity index (χ0n) is 13.6. The van der Waals surface area contributed by atoms with Gasteiger partial charge in [-0.05, 0) is 50.1 Å². The summed E-state index contributed by atoms with van der Waals surface area (Å²) < 4.78 is 32.3. The number of amides is 1. The van der Waals surface area contributed by atoms with Crippen molar-refractivity contribution in [2.24, 2.45) is 0 Å². The van der Waals surface area contributed by atoms with Crippen LogP contribution in [-0.4, -0.2) is 37.0 Å². The first-order chi connectivity index (χ1) is 11.9. The summed E-state index contributed by atoms with van der Waals surface area (Å²) in [7, 11) is -3.80. The van der Waals surface area contributed by atoms with Gasteiger partial charge in [0, 0.05) is 24.2 Å². The van der Waals surface area contributed by atoms with Crippen LogP contribution < -0.4 is 10.0 Å². The van der Waals surface area contributed by atoms with E-state index in [1.807, 2.05) is 0 Å². The van der Waals surface area contributed by atoms with Gasteiger partial charge in [0.15, 0.2) is 0 Å². The maximum atomic E-state index is 12.4. The van der Waals surface area contributed by atoms with E-state index in [4.69, 9.17) is 4.74 Å². The van der Waals surface area contributed by atoms with Gasteiger partial charge in [-0.3, -0.25) is 4.79 Å². The molecule has 0 spiro atoms. The number of carbonyl (C=O) groups excluding carboxylic acids is 1. The normalized spacial score (nSPS) is 17.2. The predicted octanol–water partition coefficient (Wildman–Crippen LogP) is 1.70. The SMILES string of the molecule is Cc1ccnc(NS(=O)(=O)c2ccc(NC(=O)[C@H]3CCCO3)cc2)n1. The van der Waals surface area contributed by atoms with Gasteiger partial charge in [-0.15, -0.1) is 0 Å². The Morgan fingerprint density at radius 1 is 1.24 bits per heavy atom. The molecule has 1 saturated heterocycles. The van der Waals surface area contributed by atoms with Crippen LogP contribution >= 0.6 is 0 Å². The monoisotopic (exact) mass is 362 g/mol. The van der Waals surface area contributed by atoms with Crippen LogP contribution in [0, 0.1) is 6.92 Å². The number of sulfonamides is 1. The van der Waals surface area contributed by atoms with Gasteiger partial charge >= 0.3 is 0 Å². The van der Waals surface area contributed by atoms with Crippen molar-refractivity contribution in [2.45, 2.75) is 30.8 Å². The third-order valence-corrected chi connectivity index (χ3v) is 5.02. The van der Waals surface area contributed by atoms with Crippen molar-refractivity contribution in [1.29, 1.82) is 0 Å². The molecular weight excluding hydrogens is 344 g/mol. The molecule has 2 N–H and O–H groups in total. The van der Waals surface area contributed by atoms with Gasteiger partial charge < -0.3 is 10.1 Å². The zero-order valence-corrected chi connectivity index (χ0v) is 14.4. The van der Waals surface area contributed by atoms with Crippen LogP contribution in [0.2, 0.25) is 0 Å². The van der Waals surface area contributed by atoms with Crippen LogP contribution in [0.25, 0.3) is 0 Å². The van der Waals surface area contributed by atoms with E-state index in [9.17, 15) is 13.2 Å². The first-order valence-electron chi connectivity index (χ1n) is 7.79. The van der Waals surface area contributed by atoms with Crippen molar-refractivity contribution in [1.82, 2.24) is 9.97 Å². The molecule has 132 valence electrons. The van der Waals surface area contributed by atoms with Crippen LogP contribution in [-0.2, 0) is 19.6 Å². The van der Waals surface area contributed by atoms with Crippen LogP contribution in [0.3, 0.4) is 0 Å². The lowest BCUT2D eigenvalue weighted by Gasteiger charge is -2.11. The second kappa shape index (κ2) is 7.16. The lowest BCUT2D eigenvalue weighted by atomic mass is 10.2. The molecule has 1 aliphatic heterocycles. The van der Waals surface area contributed by atoms with Crippen molar-refractivity contribution in [3.05, 3.63) is 42.2 Å². The number of nitrogens with one attached hydrogen (secondary N) is 2. The fraction of sp³-hybridized carbons (Fsp3) is 0.312. The van der Waals surface area contributed by atoms with E-state index in [0.29, 0.717) is 24.4 Å². The predicted molar refractivity (Wildman–Crippen MR) is 91.6 cm³/mol. The fourth-order valence-electron chi connectivity index (χ4n) is 2.40. The second-order valence-corrected chi connectivity index (χ2v) is 7.32. The first kappa shape index (κ1) is 17.3. The quantitative estimate of drug-likeness (QED) is 0.838. The summed E-state index contributed by atoms with van der Waals surface area (Å²) in [5, 5.41) is 2.72. The van der Waals surface area contributed by atoms with Gasteiger partial charge in [-0.2, -0.15) is 0 Å². The van der Waals surface area contributed by atoms with E-state index < -0.39 is 16.1 Å². The third kappa shape index (κ3) is 4.31. The molecule has 2 aromatic rings. The Hall–Kier alpha value is -2.52. The van der Waals surface area contributed by atoms with Crippen LogP contribution in [0.15, 0.2) is 41.4 Å². The first-order valence-corrected chi connectivity index (χ1v) is 9.27. The number of rotatable bonds is 5. The number of benzene rings is 1. The Morgan fingerprint density at radius 3 is 2.64 bits per heavy atom. The molecular formula is C16H18N4O4S. The van der Waals surface area contributed by atoms with Crippen molar-refractivity contribution in [2.75, 3.05) is 16.6 Å². The molecule has 1 amide bonds. The van der Waals surface area contributed by atoms with Crippen molar-refractivity contribution < 1.29 is 17.9 Å². The molecule has 1 atom stereocenters. The van der Waals surface area contributed by atoms with E-state index in [1.165, 1.54) is 30.5 Å². The molecule has 8 nitrogen and oxygen atoms in total. The minimum absolute atomic E-state index is 0.00996. The fourth-order valence-corrected chi connectivity index (χ4v) is 3.35. The average Bonchev–Trinajstić information content (AvgIpc) is 3.09. The Balaban J connectivity index is 1.69. The summed E-state index contributed by atoms with van der Waals surface area (Å²) in [6.45, 7) is 2.33. The molecule has 25 heavy (non-hydrogen) atoms. The largest absolute Gasteiger partial charge is 0.368 e. The highest BCUT2D eigenvalue weighted by Gasteiger charge is 2.23. The number of ether oxygens (including phenoxy) is 1. The number of aryl methyl sites for hydroxylation is 1. The van der Waals surface area contributed by atoms with E-state index in [1.54, 1.807) is 13.0 Å². The minimum atomic E-state index is -3.80. The molecule has 0 saturated carbocycles. The van der Waals surface area contributed by atoms with E-state index >= 15 is 0 Å². The van der Waals surface area contributed by atoms with Gasteiger partial charge in [-0.25, -0.2) is 23.1 Å². The number of hydrogen-bond acceptors (Lipinski definition) is 6. The topological polar surface area (TPSA) is 110 Å². The van der Waals surface area contributed by atoms with E-state index in [2.05, 4.69) is 20.0 Å². The summed E-state index contributed by atoms with van der Waals surface area (Å²) in [6.07, 6.45) is 2.59. The molecule has 1 fully saturated rings. The molecule has 0 bridgehead atoms. The standard InChI is InChI=1S/C16H18N4O4S/c1-11-8-9-17-16(18-11)20-25(22,23)13-6-4-12(5-7-13)19-15(21)14-3-2-10-24-14/h4-9,14H,2-3,10H2,1H3,(H,19,21)(H,17,18,20)/t14-/m1/s1. The highest BCUT2D eigenvalue weighted by Crippen LogP contribution is 2.18. The summed E-state index contributed by atoms with van der Waals surface area (Å²) in [5.74, 6) is -0.213. The number of carbonyl (C=O) groups is 1. The molecule has 9 heteroatoms. The third-order valence-electron chi connectivity index (χ3n) is 3.67. The van der Waals surface area contributed by atoms with Crippen molar-refractivity contribution >= 4 is 27.6 Å². The molecule has 3 rings (SSSR count). The van der Waals surface area contributed by atoms with Gasteiger partial charge in [-0.1, -0.05) is 0 Å². The molecule has 1 aliphatic rings. The average molecular weight is 362 g/mol. The number of nitrogens with zero attached hydrogens (tertiary/aromatic N) is 2. The Labute approximate surface area is 145 Å². The number of anilines is 2. The van der Waals surface area contributed by atoms with Gasteiger partial charge in [0.05, 0.1) is 4.90 Å². The van der Waals surface area contributed by atoms with Crippen molar-refractivity contribution in [3.63, 3.8) is 0 Å². The summed E-state index contributed by atoms with van der Waals surface area (Å²) in [6, 6.07) is 7.53. The van der Waals surface area contributed by atoms with Crippen LogP contribution in [0.5, 0.6) is 0 Å². The molecule has 0 unspecified atom stereocenters. The summed E-state index contributed by atoms with van der Waals surface area (Å²) in [5.41, 5.74) is 1.16. The minimum Gasteiger partial charge on any atom is -0.368 e. The molecule has 0 aliphatic carbocycles. The van der Waals surface area contributed by atoms with Gasteiger partial charge in [0.2, 0.25) is 5.95 Å². The lowest BCUT2D eigenvalue weighted by molar-refractivity contribution is -0.124. The Kier molecular flexibility index (Phi) is 4.95.